The third-order valence-electron chi connectivity index (χ3n) is 3.80. The van der Waals surface area contributed by atoms with Gasteiger partial charge in [0.15, 0.2) is 11.5 Å². The van der Waals surface area contributed by atoms with Crippen LogP contribution < -0.4 is 0 Å². The number of rotatable bonds is 2. The van der Waals surface area contributed by atoms with Crippen LogP contribution in [0.5, 0.6) is 17.2 Å². The molecule has 3 aromatic carbocycles. The highest BCUT2D eigenvalue weighted by Crippen LogP contribution is 2.38. The lowest BCUT2D eigenvalue weighted by atomic mass is 9.95. The van der Waals surface area contributed by atoms with Crippen molar-refractivity contribution in [3.8, 4) is 39.5 Å². The first-order chi connectivity index (χ1) is 10.6. The van der Waals surface area contributed by atoms with Crippen molar-refractivity contribution in [3.63, 3.8) is 0 Å². The molecule has 0 aliphatic carbocycles. The summed E-state index contributed by atoms with van der Waals surface area (Å²) in [7, 11) is 0. The first-order valence-electron chi connectivity index (χ1n) is 6.98. The molecule has 0 radical (unpaired) electrons. The molecule has 0 aliphatic heterocycles. The molecule has 3 heteroatoms. The summed E-state index contributed by atoms with van der Waals surface area (Å²) in [5, 5.41) is 29.5. The minimum absolute atomic E-state index is 0.132. The minimum atomic E-state index is -0.142. The lowest BCUT2D eigenvalue weighted by Gasteiger charge is -2.11. The highest BCUT2D eigenvalue weighted by atomic mass is 16.3. The van der Waals surface area contributed by atoms with Crippen molar-refractivity contribution < 1.29 is 15.3 Å². The SMILES string of the molecule is Cc1c(O)cccc1-c1cccc(-c2cccc(O)c2O)c1. The second-order valence-corrected chi connectivity index (χ2v) is 5.20. The number of aromatic hydroxyl groups is 3. The van der Waals surface area contributed by atoms with Gasteiger partial charge in [-0.25, -0.2) is 0 Å². The minimum Gasteiger partial charge on any atom is -0.508 e. The predicted molar refractivity (Wildman–Crippen MR) is 87.0 cm³/mol. The van der Waals surface area contributed by atoms with Crippen molar-refractivity contribution in [2.24, 2.45) is 0 Å². The Balaban J connectivity index is 2.14. The van der Waals surface area contributed by atoms with Crippen molar-refractivity contribution in [2.45, 2.75) is 6.92 Å². The monoisotopic (exact) mass is 292 g/mol. The van der Waals surface area contributed by atoms with Crippen molar-refractivity contribution in [3.05, 3.63) is 66.2 Å². The third-order valence-corrected chi connectivity index (χ3v) is 3.80. The molecule has 0 fully saturated rings. The zero-order chi connectivity index (χ0) is 15.7. The summed E-state index contributed by atoms with van der Waals surface area (Å²) in [6.45, 7) is 1.86. The van der Waals surface area contributed by atoms with Gasteiger partial charge in [-0.1, -0.05) is 42.5 Å². The van der Waals surface area contributed by atoms with Crippen LogP contribution >= 0.6 is 0 Å². The van der Waals surface area contributed by atoms with Gasteiger partial charge in [-0.15, -0.1) is 0 Å². The van der Waals surface area contributed by atoms with Crippen LogP contribution in [-0.2, 0) is 0 Å². The first-order valence-corrected chi connectivity index (χ1v) is 6.98. The Bertz CT molecular complexity index is 771. The van der Waals surface area contributed by atoms with E-state index in [1.54, 1.807) is 24.3 Å². The van der Waals surface area contributed by atoms with E-state index in [-0.39, 0.29) is 17.2 Å². The van der Waals surface area contributed by atoms with E-state index in [0.29, 0.717) is 5.56 Å². The molecule has 3 nitrogen and oxygen atoms in total. The summed E-state index contributed by atoms with van der Waals surface area (Å²) < 4.78 is 0. The van der Waals surface area contributed by atoms with Crippen LogP contribution in [0.25, 0.3) is 22.3 Å². The Morgan fingerprint density at radius 2 is 1.18 bits per heavy atom. The van der Waals surface area contributed by atoms with E-state index in [0.717, 1.165) is 22.3 Å². The van der Waals surface area contributed by atoms with Crippen LogP contribution in [0, 0.1) is 6.92 Å². The molecule has 0 amide bonds. The van der Waals surface area contributed by atoms with Gasteiger partial charge in [0.1, 0.15) is 5.75 Å². The van der Waals surface area contributed by atoms with E-state index >= 15 is 0 Å². The molecule has 3 aromatic rings. The second kappa shape index (κ2) is 5.45. The highest BCUT2D eigenvalue weighted by Gasteiger charge is 2.10. The summed E-state index contributed by atoms with van der Waals surface area (Å²) in [4.78, 5) is 0. The average Bonchev–Trinajstić information content (AvgIpc) is 2.53. The molecule has 0 bridgehead atoms. The average molecular weight is 292 g/mol. The van der Waals surface area contributed by atoms with Gasteiger partial charge < -0.3 is 15.3 Å². The molecule has 3 rings (SSSR count). The van der Waals surface area contributed by atoms with Gasteiger partial charge in [-0.2, -0.15) is 0 Å². The lowest BCUT2D eigenvalue weighted by Crippen LogP contribution is -1.86. The van der Waals surface area contributed by atoms with Gasteiger partial charge in [0.25, 0.3) is 0 Å². The predicted octanol–water partition coefficient (Wildman–Crippen LogP) is 4.45. The van der Waals surface area contributed by atoms with Gasteiger partial charge in [0, 0.05) is 5.56 Å². The number of para-hydroxylation sites is 1. The number of phenols is 3. The smallest absolute Gasteiger partial charge is 0.165 e. The van der Waals surface area contributed by atoms with Gasteiger partial charge in [-0.05, 0) is 47.4 Å². The topological polar surface area (TPSA) is 60.7 Å². The molecular weight excluding hydrogens is 276 g/mol. The molecule has 0 aromatic heterocycles. The maximum Gasteiger partial charge on any atom is 0.165 e. The molecule has 110 valence electrons. The molecule has 22 heavy (non-hydrogen) atoms. The highest BCUT2D eigenvalue weighted by molar-refractivity contribution is 5.79. The molecule has 0 saturated heterocycles. The standard InChI is InChI=1S/C19H16O3/c1-12-15(7-3-9-17(12)20)13-5-2-6-14(11-13)16-8-4-10-18(21)19(16)22/h2-11,20-22H,1H3. The zero-order valence-corrected chi connectivity index (χ0v) is 12.1. The fourth-order valence-electron chi connectivity index (χ4n) is 2.55. The molecular formula is C19H16O3. The lowest BCUT2D eigenvalue weighted by molar-refractivity contribution is 0.405. The zero-order valence-electron chi connectivity index (χ0n) is 12.1. The van der Waals surface area contributed by atoms with E-state index in [1.165, 1.54) is 6.07 Å². The van der Waals surface area contributed by atoms with Gasteiger partial charge in [0.2, 0.25) is 0 Å². The third kappa shape index (κ3) is 2.37. The Morgan fingerprint density at radius 1 is 0.636 bits per heavy atom. The van der Waals surface area contributed by atoms with Gasteiger partial charge >= 0.3 is 0 Å². The van der Waals surface area contributed by atoms with Gasteiger partial charge in [-0.3, -0.25) is 0 Å². The van der Waals surface area contributed by atoms with Crippen LogP contribution in [0.2, 0.25) is 0 Å². The summed E-state index contributed by atoms with van der Waals surface area (Å²) in [5.74, 6) is -0.0215. The Kier molecular flexibility index (Phi) is 3.47. The summed E-state index contributed by atoms with van der Waals surface area (Å²) in [5.41, 5.74) is 4.04. The molecule has 0 spiro atoms. The Hall–Kier alpha value is -2.94. The maximum atomic E-state index is 10.0. The van der Waals surface area contributed by atoms with E-state index in [4.69, 9.17) is 0 Å². The number of hydrogen-bond acceptors (Lipinski definition) is 3. The van der Waals surface area contributed by atoms with Crippen LogP contribution in [0.3, 0.4) is 0 Å². The fraction of sp³-hybridized carbons (Fsp3) is 0.0526. The van der Waals surface area contributed by atoms with Crippen molar-refractivity contribution in [1.82, 2.24) is 0 Å². The van der Waals surface area contributed by atoms with Crippen molar-refractivity contribution in [1.29, 1.82) is 0 Å². The molecule has 0 saturated carbocycles. The maximum absolute atomic E-state index is 10.0. The molecule has 0 heterocycles. The normalized spacial score (nSPS) is 10.6. The molecule has 3 N–H and O–H groups in total. The summed E-state index contributed by atoms with van der Waals surface area (Å²) >= 11 is 0. The number of phenolic OH excluding ortho intramolecular Hbond substituents is 3. The number of benzene rings is 3. The molecule has 0 unspecified atom stereocenters. The van der Waals surface area contributed by atoms with Crippen LogP contribution in [0.4, 0.5) is 0 Å². The van der Waals surface area contributed by atoms with Crippen LogP contribution in [0.1, 0.15) is 5.56 Å². The van der Waals surface area contributed by atoms with Crippen molar-refractivity contribution >= 4 is 0 Å². The fourth-order valence-corrected chi connectivity index (χ4v) is 2.55. The number of hydrogen-bond donors (Lipinski definition) is 3. The van der Waals surface area contributed by atoms with Crippen molar-refractivity contribution in [2.75, 3.05) is 0 Å². The van der Waals surface area contributed by atoms with E-state index < -0.39 is 0 Å². The largest absolute Gasteiger partial charge is 0.508 e. The molecule has 0 atom stereocenters. The summed E-state index contributed by atoms with van der Waals surface area (Å²) in [6.07, 6.45) is 0. The second-order valence-electron chi connectivity index (χ2n) is 5.20. The Labute approximate surface area is 128 Å². The van der Waals surface area contributed by atoms with Crippen LogP contribution in [-0.4, -0.2) is 15.3 Å². The molecule has 0 aliphatic rings. The first kappa shape index (κ1) is 14.0. The quantitative estimate of drug-likeness (QED) is 0.612. The van der Waals surface area contributed by atoms with E-state index in [1.807, 2.05) is 37.3 Å². The van der Waals surface area contributed by atoms with E-state index in [2.05, 4.69) is 0 Å². The Morgan fingerprint density at radius 3 is 1.91 bits per heavy atom. The van der Waals surface area contributed by atoms with Gasteiger partial charge in [0.05, 0.1) is 0 Å². The van der Waals surface area contributed by atoms with E-state index in [9.17, 15) is 15.3 Å². The van der Waals surface area contributed by atoms with Crippen LogP contribution in [0.15, 0.2) is 60.7 Å². The summed E-state index contributed by atoms with van der Waals surface area (Å²) in [6, 6.07) is 17.9.